The van der Waals surface area contributed by atoms with Crippen molar-refractivity contribution in [2.24, 2.45) is 0 Å². The summed E-state index contributed by atoms with van der Waals surface area (Å²) in [7, 11) is 0. The molecule has 0 saturated carbocycles. The highest BCUT2D eigenvalue weighted by atomic mass is 16.6. The van der Waals surface area contributed by atoms with Crippen molar-refractivity contribution in [1.29, 1.82) is 5.26 Å². The molecular formula is C21H23N5O3. The van der Waals surface area contributed by atoms with E-state index in [9.17, 15) is 9.59 Å². The molecule has 1 saturated heterocycles. The average molecular weight is 393 g/mol. The molecule has 0 aliphatic carbocycles. The number of hydrogen-bond donors (Lipinski definition) is 2. The van der Waals surface area contributed by atoms with Gasteiger partial charge in [0.2, 0.25) is 0 Å². The topological polar surface area (TPSA) is 107 Å². The van der Waals surface area contributed by atoms with Gasteiger partial charge < -0.3 is 20.3 Å². The van der Waals surface area contributed by atoms with E-state index < -0.39 is 0 Å². The lowest BCUT2D eigenvalue weighted by Gasteiger charge is -2.32. The number of nitriles is 1. The fourth-order valence-electron chi connectivity index (χ4n) is 3.18. The summed E-state index contributed by atoms with van der Waals surface area (Å²) in [5.41, 5.74) is 1.88. The van der Waals surface area contributed by atoms with Crippen molar-refractivity contribution in [3.05, 3.63) is 53.9 Å². The molecule has 0 bridgehead atoms. The van der Waals surface area contributed by atoms with Gasteiger partial charge in [-0.2, -0.15) is 5.26 Å². The highest BCUT2D eigenvalue weighted by Crippen LogP contribution is 2.19. The van der Waals surface area contributed by atoms with Crippen molar-refractivity contribution in [3.63, 3.8) is 0 Å². The maximum atomic E-state index is 12.5. The Hall–Kier alpha value is -3.60. The Morgan fingerprint density at radius 3 is 2.76 bits per heavy atom. The number of ether oxygens (including phenoxy) is 1. The molecule has 8 heteroatoms. The molecule has 1 aliphatic rings. The predicted molar refractivity (Wildman–Crippen MR) is 109 cm³/mol. The van der Waals surface area contributed by atoms with Crippen molar-refractivity contribution in [2.75, 3.05) is 30.3 Å². The fraction of sp³-hybridized carbons (Fsp3) is 0.333. The molecule has 1 aliphatic heterocycles. The van der Waals surface area contributed by atoms with Crippen LogP contribution in [0.5, 0.6) is 0 Å². The van der Waals surface area contributed by atoms with Crippen LogP contribution in [-0.2, 0) is 4.74 Å². The monoisotopic (exact) mass is 393 g/mol. The van der Waals surface area contributed by atoms with Gasteiger partial charge in [0.25, 0.3) is 5.91 Å². The molecule has 150 valence electrons. The number of nitrogens with zero attached hydrogens (tertiary/aromatic N) is 3. The van der Waals surface area contributed by atoms with E-state index in [4.69, 9.17) is 10.00 Å². The van der Waals surface area contributed by atoms with E-state index in [1.54, 1.807) is 54.4 Å². The lowest BCUT2D eigenvalue weighted by Crippen LogP contribution is -2.42. The number of pyridine rings is 1. The van der Waals surface area contributed by atoms with E-state index in [1.807, 2.05) is 0 Å². The summed E-state index contributed by atoms with van der Waals surface area (Å²) in [4.78, 5) is 30.2. The number of rotatable bonds is 5. The first-order valence-corrected chi connectivity index (χ1v) is 9.55. The number of carbonyl (C=O) groups excluding carboxylic acids is 2. The van der Waals surface area contributed by atoms with E-state index in [0.717, 1.165) is 18.5 Å². The molecule has 0 atom stereocenters. The first-order chi connectivity index (χ1) is 14.1. The van der Waals surface area contributed by atoms with Gasteiger partial charge in [-0.25, -0.2) is 4.79 Å². The van der Waals surface area contributed by atoms with Crippen molar-refractivity contribution >= 4 is 23.4 Å². The molecular weight excluding hydrogens is 370 g/mol. The van der Waals surface area contributed by atoms with Crippen LogP contribution in [0.4, 0.5) is 16.2 Å². The van der Waals surface area contributed by atoms with E-state index in [0.29, 0.717) is 30.9 Å². The first kappa shape index (κ1) is 20.1. The van der Waals surface area contributed by atoms with Gasteiger partial charge >= 0.3 is 6.09 Å². The molecule has 3 rings (SSSR count). The molecule has 2 aromatic rings. The Bertz CT molecular complexity index is 917. The number of nitrogens with one attached hydrogen (secondary N) is 2. The largest absolute Gasteiger partial charge is 0.450 e. The van der Waals surface area contributed by atoms with Crippen LogP contribution in [0.15, 0.2) is 42.6 Å². The molecule has 2 amide bonds. The van der Waals surface area contributed by atoms with E-state index in [-0.39, 0.29) is 23.7 Å². The second-order valence-corrected chi connectivity index (χ2v) is 6.65. The fourth-order valence-corrected chi connectivity index (χ4v) is 3.18. The number of hydrogen-bond acceptors (Lipinski definition) is 6. The third kappa shape index (κ3) is 5.23. The van der Waals surface area contributed by atoms with E-state index >= 15 is 0 Å². The highest BCUT2D eigenvalue weighted by Gasteiger charge is 2.23. The minimum Gasteiger partial charge on any atom is -0.450 e. The van der Waals surface area contributed by atoms with Crippen molar-refractivity contribution < 1.29 is 14.3 Å². The number of amides is 2. The Balaban J connectivity index is 1.59. The number of aromatic nitrogens is 1. The van der Waals surface area contributed by atoms with Crippen LogP contribution in [0.3, 0.4) is 0 Å². The van der Waals surface area contributed by atoms with Crippen LogP contribution in [0.25, 0.3) is 0 Å². The van der Waals surface area contributed by atoms with E-state index in [2.05, 4.69) is 21.7 Å². The average Bonchev–Trinajstić information content (AvgIpc) is 2.75. The highest BCUT2D eigenvalue weighted by molar-refractivity contribution is 6.04. The molecule has 0 spiro atoms. The number of para-hydroxylation sites is 1. The first-order valence-electron chi connectivity index (χ1n) is 9.55. The quantitative estimate of drug-likeness (QED) is 0.807. The van der Waals surface area contributed by atoms with Gasteiger partial charge in [0.15, 0.2) is 0 Å². The van der Waals surface area contributed by atoms with Gasteiger partial charge in [0.1, 0.15) is 11.8 Å². The van der Waals surface area contributed by atoms with Crippen LogP contribution >= 0.6 is 0 Å². The molecule has 0 radical (unpaired) electrons. The van der Waals surface area contributed by atoms with Gasteiger partial charge in [-0.1, -0.05) is 12.1 Å². The molecule has 2 N–H and O–H groups in total. The maximum Gasteiger partial charge on any atom is 0.409 e. The second kappa shape index (κ2) is 9.55. The van der Waals surface area contributed by atoms with Gasteiger partial charge in [0.05, 0.1) is 17.9 Å². The zero-order valence-corrected chi connectivity index (χ0v) is 16.2. The molecule has 1 aromatic carbocycles. The normalized spacial score (nSPS) is 14.0. The lowest BCUT2D eigenvalue weighted by molar-refractivity contribution is 0.0981. The lowest BCUT2D eigenvalue weighted by atomic mass is 10.1. The molecule has 1 fully saturated rings. The summed E-state index contributed by atoms with van der Waals surface area (Å²) < 4.78 is 5.04. The van der Waals surface area contributed by atoms with Crippen molar-refractivity contribution in [1.82, 2.24) is 9.88 Å². The van der Waals surface area contributed by atoms with Crippen LogP contribution in [-0.4, -0.2) is 47.6 Å². The van der Waals surface area contributed by atoms with Gasteiger partial charge in [-0.3, -0.25) is 9.78 Å². The van der Waals surface area contributed by atoms with Crippen LogP contribution < -0.4 is 10.6 Å². The summed E-state index contributed by atoms with van der Waals surface area (Å²) >= 11 is 0. The molecule has 0 unspecified atom stereocenters. The summed E-state index contributed by atoms with van der Waals surface area (Å²) in [5, 5.41) is 15.3. The maximum absolute atomic E-state index is 12.5. The molecule has 1 aromatic heterocycles. The second-order valence-electron chi connectivity index (χ2n) is 6.65. The SMILES string of the molecule is CCOC(=O)N1CCC(Nc2ccnc(C(=O)Nc3ccccc3C#N)c2)CC1. The molecule has 29 heavy (non-hydrogen) atoms. The summed E-state index contributed by atoms with van der Waals surface area (Å²) in [6.07, 6.45) is 2.88. The van der Waals surface area contributed by atoms with Gasteiger partial charge in [-0.15, -0.1) is 0 Å². The minimum atomic E-state index is -0.381. The van der Waals surface area contributed by atoms with Gasteiger partial charge in [0, 0.05) is 31.0 Å². The Kier molecular flexibility index (Phi) is 6.63. The van der Waals surface area contributed by atoms with Crippen molar-refractivity contribution in [2.45, 2.75) is 25.8 Å². The number of likely N-dealkylation sites (tertiary alicyclic amines) is 1. The van der Waals surface area contributed by atoms with Crippen molar-refractivity contribution in [3.8, 4) is 6.07 Å². The summed E-state index contributed by atoms with van der Waals surface area (Å²) in [6.45, 7) is 3.42. The predicted octanol–water partition coefficient (Wildman–Crippen LogP) is 3.24. The summed E-state index contributed by atoms with van der Waals surface area (Å²) in [6, 6.07) is 12.5. The van der Waals surface area contributed by atoms with Crippen LogP contribution in [0.1, 0.15) is 35.8 Å². The number of benzene rings is 1. The Morgan fingerprint density at radius 2 is 2.03 bits per heavy atom. The zero-order chi connectivity index (χ0) is 20.6. The zero-order valence-electron chi connectivity index (χ0n) is 16.2. The molecule has 2 heterocycles. The standard InChI is InChI=1S/C21H23N5O3/c1-2-29-21(28)26-11-8-16(9-12-26)24-17-7-10-23-19(13-17)20(27)25-18-6-4-3-5-15(18)14-22/h3-7,10,13,16H,2,8-9,11-12H2,1H3,(H,23,24)(H,25,27). The van der Waals surface area contributed by atoms with Crippen LogP contribution in [0, 0.1) is 11.3 Å². The number of carbonyl (C=O) groups is 2. The third-order valence-electron chi connectivity index (χ3n) is 4.68. The molecule has 8 nitrogen and oxygen atoms in total. The van der Waals surface area contributed by atoms with Gasteiger partial charge in [-0.05, 0) is 44.0 Å². The Morgan fingerprint density at radius 1 is 1.28 bits per heavy atom. The number of piperidine rings is 1. The number of anilines is 2. The third-order valence-corrected chi connectivity index (χ3v) is 4.68. The smallest absolute Gasteiger partial charge is 0.409 e. The Labute approximate surface area is 169 Å². The van der Waals surface area contributed by atoms with E-state index in [1.165, 1.54) is 0 Å². The van der Waals surface area contributed by atoms with Crippen LogP contribution in [0.2, 0.25) is 0 Å². The summed E-state index contributed by atoms with van der Waals surface area (Å²) in [5.74, 6) is -0.381. The minimum absolute atomic E-state index is 0.193.